The van der Waals surface area contributed by atoms with Gasteiger partial charge in [0.15, 0.2) is 0 Å². The van der Waals surface area contributed by atoms with Gasteiger partial charge in [0, 0.05) is 12.7 Å². The van der Waals surface area contributed by atoms with Gasteiger partial charge in [0.05, 0.1) is 12.3 Å². The second-order valence-electron chi connectivity index (χ2n) is 4.93. The Morgan fingerprint density at radius 3 is 2.85 bits per heavy atom. The zero-order chi connectivity index (χ0) is 14.5. The molecule has 20 heavy (non-hydrogen) atoms. The van der Waals surface area contributed by atoms with Gasteiger partial charge in [-0.15, -0.1) is 0 Å². The molecule has 1 unspecified atom stereocenters. The molecule has 2 rings (SSSR count). The van der Waals surface area contributed by atoms with Crippen molar-refractivity contribution in [3.05, 3.63) is 36.3 Å². The number of aromatic nitrogens is 2. The lowest BCUT2D eigenvalue weighted by Gasteiger charge is -2.20. The minimum absolute atomic E-state index is 0.214. The first-order chi connectivity index (χ1) is 9.67. The van der Waals surface area contributed by atoms with Crippen LogP contribution in [0.25, 0.3) is 5.65 Å². The molecule has 0 aromatic carbocycles. The number of nitrogens with zero attached hydrogens (tertiary/aromatic N) is 2. The molecule has 2 aromatic heterocycles. The van der Waals surface area contributed by atoms with E-state index in [1.165, 1.54) is 0 Å². The second kappa shape index (κ2) is 6.52. The third-order valence-corrected chi connectivity index (χ3v) is 3.71. The Hall–Kier alpha value is -1.88. The Balaban J connectivity index is 2.02. The first kappa shape index (κ1) is 14.5. The van der Waals surface area contributed by atoms with Gasteiger partial charge in [0.2, 0.25) is 0 Å². The smallest absolute Gasteiger partial charge is 0.270 e. The molecular weight excluding hydrogens is 254 g/mol. The number of fused-ring (bicyclic) bond motifs is 1. The number of amides is 1. The van der Waals surface area contributed by atoms with Crippen molar-refractivity contribution in [2.45, 2.75) is 32.8 Å². The van der Waals surface area contributed by atoms with Crippen molar-refractivity contribution in [2.75, 3.05) is 6.54 Å². The summed E-state index contributed by atoms with van der Waals surface area (Å²) in [4.78, 5) is 16.3. The molecule has 5 heteroatoms. The van der Waals surface area contributed by atoms with E-state index >= 15 is 0 Å². The maximum absolute atomic E-state index is 12.1. The van der Waals surface area contributed by atoms with E-state index in [1.54, 1.807) is 16.8 Å². The van der Waals surface area contributed by atoms with Gasteiger partial charge in [-0.05, 0) is 18.1 Å². The van der Waals surface area contributed by atoms with Gasteiger partial charge in [-0.2, -0.15) is 0 Å². The lowest BCUT2D eigenvalue weighted by molar-refractivity contribution is 0.0812. The lowest BCUT2D eigenvalue weighted by Crippen LogP contribution is -2.36. The van der Waals surface area contributed by atoms with Gasteiger partial charge >= 0.3 is 0 Å². The van der Waals surface area contributed by atoms with Crippen molar-refractivity contribution in [1.82, 2.24) is 14.7 Å². The van der Waals surface area contributed by atoms with E-state index in [0.717, 1.165) is 18.5 Å². The molecule has 0 fully saturated rings. The molecule has 2 heterocycles. The number of nitrogens with one attached hydrogen (secondary N) is 1. The lowest BCUT2D eigenvalue weighted by atomic mass is 9.96. The topological polar surface area (TPSA) is 66.6 Å². The Morgan fingerprint density at radius 2 is 2.15 bits per heavy atom. The van der Waals surface area contributed by atoms with Crippen LogP contribution in [-0.2, 0) is 0 Å². The van der Waals surface area contributed by atoms with Crippen LogP contribution in [0.2, 0.25) is 0 Å². The zero-order valence-corrected chi connectivity index (χ0v) is 11.9. The Morgan fingerprint density at radius 1 is 1.40 bits per heavy atom. The summed E-state index contributed by atoms with van der Waals surface area (Å²) in [6.07, 6.45) is 4.66. The van der Waals surface area contributed by atoms with E-state index in [1.807, 2.05) is 32.0 Å². The second-order valence-corrected chi connectivity index (χ2v) is 4.93. The molecule has 108 valence electrons. The highest BCUT2D eigenvalue weighted by atomic mass is 16.3. The van der Waals surface area contributed by atoms with Crippen molar-refractivity contribution in [3.8, 4) is 0 Å². The van der Waals surface area contributed by atoms with Crippen molar-refractivity contribution < 1.29 is 9.90 Å². The fourth-order valence-corrected chi connectivity index (χ4v) is 2.39. The van der Waals surface area contributed by atoms with Crippen LogP contribution < -0.4 is 5.32 Å². The number of imidazole rings is 1. The normalized spacial score (nSPS) is 12.8. The van der Waals surface area contributed by atoms with Crippen LogP contribution in [0.3, 0.4) is 0 Å². The van der Waals surface area contributed by atoms with E-state index in [4.69, 9.17) is 0 Å². The third-order valence-electron chi connectivity index (χ3n) is 3.71. The summed E-state index contributed by atoms with van der Waals surface area (Å²) in [5.41, 5.74) is 1.22. The average Bonchev–Trinajstić information content (AvgIpc) is 2.90. The van der Waals surface area contributed by atoms with Gasteiger partial charge in [-0.1, -0.05) is 32.8 Å². The first-order valence-electron chi connectivity index (χ1n) is 7.05. The molecule has 0 aliphatic heterocycles. The Bertz CT molecular complexity index is 575. The fourth-order valence-electron chi connectivity index (χ4n) is 2.39. The van der Waals surface area contributed by atoms with Gasteiger partial charge in [-0.3, -0.25) is 9.20 Å². The molecule has 0 saturated heterocycles. The summed E-state index contributed by atoms with van der Waals surface area (Å²) in [7, 11) is 0. The van der Waals surface area contributed by atoms with Crippen LogP contribution in [0.15, 0.2) is 30.6 Å². The number of pyridine rings is 1. The molecule has 1 atom stereocenters. The van der Waals surface area contributed by atoms with Crippen LogP contribution in [-0.4, -0.2) is 33.0 Å². The predicted molar refractivity (Wildman–Crippen MR) is 77.6 cm³/mol. The number of hydrogen-bond acceptors (Lipinski definition) is 3. The molecular formula is C15H21N3O2. The van der Waals surface area contributed by atoms with Crippen LogP contribution >= 0.6 is 0 Å². The van der Waals surface area contributed by atoms with E-state index in [0.29, 0.717) is 5.69 Å². The molecule has 2 N–H and O–H groups in total. The molecule has 2 aromatic rings. The van der Waals surface area contributed by atoms with Crippen molar-refractivity contribution in [3.63, 3.8) is 0 Å². The summed E-state index contributed by atoms with van der Waals surface area (Å²) in [5, 5.41) is 12.8. The number of aliphatic hydroxyl groups excluding tert-OH is 1. The molecule has 0 saturated carbocycles. The van der Waals surface area contributed by atoms with Crippen molar-refractivity contribution in [1.29, 1.82) is 0 Å². The van der Waals surface area contributed by atoms with Crippen LogP contribution in [0.4, 0.5) is 0 Å². The quantitative estimate of drug-likeness (QED) is 0.845. The number of carbonyl (C=O) groups is 1. The molecule has 0 aliphatic rings. The summed E-state index contributed by atoms with van der Waals surface area (Å²) in [6.45, 7) is 4.36. The minimum Gasteiger partial charge on any atom is -0.391 e. The summed E-state index contributed by atoms with van der Waals surface area (Å²) >= 11 is 0. The zero-order valence-electron chi connectivity index (χ0n) is 11.9. The largest absolute Gasteiger partial charge is 0.391 e. The first-order valence-corrected chi connectivity index (χ1v) is 7.05. The summed E-state index contributed by atoms with van der Waals surface area (Å²) < 4.78 is 1.73. The van der Waals surface area contributed by atoms with Gasteiger partial charge in [0.25, 0.3) is 5.91 Å². The molecule has 0 aliphatic carbocycles. The highest BCUT2D eigenvalue weighted by molar-refractivity contribution is 5.93. The highest BCUT2D eigenvalue weighted by Gasteiger charge is 2.18. The van der Waals surface area contributed by atoms with Gasteiger partial charge in [0.1, 0.15) is 11.3 Å². The van der Waals surface area contributed by atoms with Crippen LogP contribution in [0.1, 0.15) is 37.2 Å². The maximum Gasteiger partial charge on any atom is 0.270 e. The molecule has 0 spiro atoms. The third kappa shape index (κ3) is 2.99. The van der Waals surface area contributed by atoms with E-state index in [-0.39, 0.29) is 18.4 Å². The minimum atomic E-state index is -0.506. The maximum atomic E-state index is 12.1. The highest BCUT2D eigenvalue weighted by Crippen LogP contribution is 2.12. The SMILES string of the molecule is CCC(CC)C(O)CNC(=O)c1cnc2ccccn12. The fraction of sp³-hybridized carbons (Fsp3) is 0.467. The molecule has 5 nitrogen and oxygen atoms in total. The summed E-state index contributed by atoms with van der Waals surface area (Å²) in [5.74, 6) is 0.00573. The Kier molecular flexibility index (Phi) is 4.74. The Labute approximate surface area is 118 Å². The van der Waals surface area contributed by atoms with E-state index in [2.05, 4.69) is 10.3 Å². The number of aliphatic hydroxyl groups is 1. The van der Waals surface area contributed by atoms with Crippen LogP contribution in [0, 0.1) is 5.92 Å². The van der Waals surface area contributed by atoms with Crippen molar-refractivity contribution in [2.24, 2.45) is 5.92 Å². The summed E-state index contributed by atoms with van der Waals surface area (Å²) in [6, 6.07) is 5.57. The molecule has 0 bridgehead atoms. The van der Waals surface area contributed by atoms with Gasteiger partial charge < -0.3 is 10.4 Å². The number of carbonyl (C=O) groups excluding carboxylic acids is 1. The number of hydrogen-bond donors (Lipinski definition) is 2. The van der Waals surface area contributed by atoms with E-state index in [9.17, 15) is 9.90 Å². The predicted octanol–water partition coefficient (Wildman–Crippen LogP) is 1.86. The van der Waals surface area contributed by atoms with Gasteiger partial charge in [-0.25, -0.2) is 4.98 Å². The van der Waals surface area contributed by atoms with E-state index < -0.39 is 6.10 Å². The standard InChI is InChI=1S/C15H21N3O2/c1-3-11(4-2)13(19)10-17-15(20)12-9-16-14-7-5-6-8-18(12)14/h5-9,11,13,19H,3-4,10H2,1-2H3,(H,17,20). The monoisotopic (exact) mass is 275 g/mol. The van der Waals surface area contributed by atoms with Crippen LogP contribution in [0.5, 0.6) is 0 Å². The van der Waals surface area contributed by atoms with Crippen molar-refractivity contribution >= 4 is 11.6 Å². The molecule has 1 amide bonds. The number of rotatable bonds is 6. The molecule has 0 radical (unpaired) electrons. The average molecular weight is 275 g/mol.